The Hall–Kier alpha value is -1.43. The third-order valence-electron chi connectivity index (χ3n) is 2.07. The Morgan fingerprint density at radius 3 is 2.88 bits per heavy atom. The second-order valence-electron chi connectivity index (χ2n) is 3.97. The number of ether oxygens (including phenoxy) is 1. The minimum absolute atomic E-state index is 0.0607. The Bertz CT molecular complexity index is 398. The first-order valence-electron chi connectivity index (χ1n) is 5.30. The molecule has 17 heavy (non-hydrogen) atoms. The largest absolute Gasteiger partial charge is 0.473 e. The molecule has 0 atom stereocenters. The van der Waals surface area contributed by atoms with Crippen molar-refractivity contribution in [3.05, 3.63) is 21.6 Å². The van der Waals surface area contributed by atoms with E-state index in [1.54, 1.807) is 0 Å². The molecule has 0 aliphatic heterocycles. The molecule has 1 aromatic heterocycles. The number of hydrogen-bond donors (Lipinski definition) is 0. The van der Waals surface area contributed by atoms with E-state index >= 15 is 0 Å². The molecule has 94 valence electrons. The lowest BCUT2D eigenvalue weighted by atomic mass is 10.1. The summed E-state index contributed by atoms with van der Waals surface area (Å²) in [6.45, 7) is 4.58. The number of hydrogen-bond acceptors (Lipinski definition) is 5. The maximum absolute atomic E-state index is 10.7. The first-order valence-corrected chi connectivity index (χ1v) is 5.68. The predicted octanol–water partition coefficient (Wildman–Crippen LogP) is 2.85. The highest BCUT2D eigenvalue weighted by atomic mass is 35.5. The zero-order valence-electron chi connectivity index (χ0n) is 9.72. The molecule has 0 saturated carbocycles. The molecule has 0 unspecified atom stereocenters. The van der Waals surface area contributed by atoms with E-state index in [2.05, 4.69) is 23.8 Å². The van der Waals surface area contributed by atoms with Crippen molar-refractivity contribution in [3.8, 4) is 5.88 Å². The summed E-state index contributed by atoms with van der Waals surface area (Å²) in [5.41, 5.74) is -0.265. The fourth-order valence-electron chi connectivity index (χ4n) is 1.23. The van der Waals surface area contributed by atoms with Crippen LogP contribution in [0.15, 0.2) is 6.20 Å². The highest BCUT2D eigenvalue weighted by Gasteiger charge is 2.18. The van der Waals surface area contributed by atoms with Crippen molar-refractivity contribution < 1.29 is 9.66 Å². The first-order chi connectivity index (χ1) is 8.00. The normalized spacial score (nSPS) is 10.6. The SMILES string of the molecule is CC(C)CCCOc1nc(Cl)ncc1[N+](=O)[O-]. The Kier molecular flexibility index (Phi) is 5.09. The molecule has 0 aromatic carbocycles. The van der Waals surface area contributed by atoms with Crippen LogP contribution in [0.2, 0.25) is 5.28 Å². The third-order valence-corrected chi connectivity index (χ3v) is 2.25. The second kappa shape index (κ2) is 6.34. The number of aromatic nitrogens is 2. The minimum Gasteiger partial charge on any atom is -0.473 e. The maximum Gasteiger partial charge on any atom is 0.349 e. The zero-order chi connectivity index (χ0) is 12.8. The lowest BCUT2D eigenvalue weighted by Crippen LogP contribution is -2.04. The highest BCUT2D eigenvalue weighted by Crippen LogP contribution is 2.24. The molecule has 1 aromatic rings. The number of halogens is 1. The van der Waals surface area contributed by atoms with Crippen molar-refractivity contribution in [1.82, 2.24) is 9.97 Å². The highest BCUT2D eigenvalue weighted by molar-refractivity contribution is 6.28. The van der Waals surface area contributed by atoms with Gasteiger partial charge in [0, 0.05) is 0 Å². The van der Waals surface area contributed by atoms with Gasteiger partial charge in [-0.15, -0.1) is 0 Å². The van der Waals surface area contributed by atoms with Gasteiger partial charge in [0.1, 0.15) is 6.20 Å². The van der Waals surface area contributed by atoms with Crippen LogP contribution >= 0.6 is 11.6 Å². The molecule has 1 heterocycles. The fraction of sp³-hybridized carbons (Fsp3) is 0.600. The Labute approximate surface area is 104 Å². The van der Waals surface area contributed by atoms with Gasteiger partial charge in [-0.2, -0.15) is 4.98 Å². The monoisotopic (exact) mass is 259 g/mol. The standard InChI is InChI=1S/C10H14ClN3O3/c1-7(2)4-3-5-17-9-8(14(15)16)6-12-10(11)13-9/h6-7H,3-5H2,1-2H3. The van der Waals surface area contributed by atoms with Gasteiger partial charge in [0.15, 0.2) is 0 Å². The van der Waals surface area contributed by atoms with Crippen molar-refractivity contribution in [2.75, 3.05) is 6.61 Å². The van der Waals surface area contributed by atoms with Gasteiger partial charge < -0.3 is 4.74 Å². The van der Waals surface area contributed by atoms with Gasteiger partial charge in [-0.3, -0.25) is 10.1 Å². The van der Waals surface area contributed by atoms with Crippen molar-refractivity contribution >= 4 is 17.3 Å². The molecule has 0 fully saturated rings. The van der Waals surface area contributed by atoms with E-state index in [1.807, 2.05) is 0 Å². The van der Waals surface area contributed by atoms with E-state index in [-0.39, 0.29) is 16.9 Å². The van der Waals surface area contributed by atoms with E-state index in [9.17, 15) is 10.1 Å². The maximum atomic E-state index is 10.7. The summed E-state index contributed by atoms with van der Waals surface area (Å²) in [5, 5.41) is 10.6. The van der Waals surface area contributed by atoms with E-state index < -0.39 is 4.92 Å². The average Bonchev–Trinajstić information content (AvgIpc) is 2.23. The predicted molar refractivity (Wildman–Crippen MR) is 63.3 cm³/mol. The summed E-state index contributed by atoms with van der Waals surface area (Å²) in [7, 11) is 0. The smallest absolute Gasteiger partial charge is 0.349 e. The first kappa shape index (κ1) is 13.6. The van der Waals surface area contributed by atoms with E-state index in [0.717, 1.165) is 19.0 Å². The van der Waals surface area contributed by atoms with Crippen molar-refractivity contribution in [2.24, 2.45) is 5.92 Å². The molecule has 0 bridgehead atoms. The van der Waals surface area contributed by atoms with Crippen LogP contribution in [-0.4, -0.2) is 21.5 Å². The van der Waals surface area contributed by atoms with Crippen LogP contribution < -0.4 is 4.74 Å². The van der Waals surface area contributed by atoms with Crippen LogP contribution in [0, 0.1) is 16.0 Å². The molecule has 0 radical (unpaired) electrons. The number of nitrogens with zero attached hydrogens (tertiary/aromatic N) is 3. The molecule has 0 saturated heterocycles. The van der Waals surface area contributed by atoms with Crippen LogP contribution in [0.1, 0.15) is 26.7 Å². The van der Waals surface area contributed by atoms with Crippen LogP contribution in [0.3, 0.4) is 0 Å². The molecular formula is C10H14ClN3O3. The molecule has 0 N–H and O–H groups in total. The van der Waals surface area contributed by atoms with Crippen LogP contribution in [0.5, 0.6) is 5.88 Å². The summed E-state index contributed by atoms with van der Waals surface area (Å²) in [6, 6.07) is 0. The fourth-order valence-corrected chi connectivity index (χ4v) is 1.36. The van der Waals surface area contributed by atoms with Crippen LogP contribution in [0.25, 0.3) is 0 Å². The zero-order valence-corrected chi connectivity index (χ0v) is 10.5. The van der Waals surface area contributed by atoms with Crippen molar-refractivity contribution in [3.63, 3.8) is 0 Å². The van der Waals surface area contributed by atoms with Gasteiger partial charge in [0.05, 0.1) is 11.5 Å². The summed E-state index contributed by atoms with van der Waals surface area (Å²) < 4.78 is 5.25. The summed E-state index contributed by atoms with van der Waals surface area (Å²) in [5.74, 6) is 0.501. The average molecular weight is 260 g/mol. The summed E-state index contributed by atoms with van der Waals surface area (Å²) >= 11 is 5.56. The molecule has 0 aliphatic rings. The molecule has 1 rings (SSSR count). The topological polar surface area (TPSA) is 78.2 Å². The molecule has 0 amide bonds. The lowest BCUT2D eigenvalue weighted by molar-refractivity contribution is -0.386. The van der Waals surface area contributed by atoms with Crippen molar-refractivity contribution in [2.45, 2.75) is 26.7 Å². The second-order valence-corrected chi connectivity index (χ2v) is 4.31. The van der Waals surface area contributed by atoms with E-state index in [1.165, 1.54) is 0 Å². The van der Waals surface area contributed by atoms with Gasteiger partial charge >= 0.3 is 5.69 Å². The Morgan fingerprint density at radius 2 is 2.29 bits per heavy atom. The van der Waals surface area contributed by atoms with E-state index in [4.69, 9.17) is 16.3 Å². The number of rotatable bonds is 6. The third kappa shape index (κ3) is 4.52. The lowest BCUT2D eigenvalue weighted by Gasteiger charge is -2.06. The van der Waals surface area contributed by atoms with Gasteiger partial charge in [-0.1, -0.05) is 13.8 Å². The molecule has 7 heteroatoms. The quantitative estimate of drug-likeness (QED) is 0.340. The molecule has 6 nitrogen and oxygen atoms in total. The van der Waals surface area contributed by atoms with Gasteiger partial charge in [0.25, 0.3) is 5.88 Å². The van der Waals surface area contributed by atoms with Crippen LogP contribution in [0.4, 0.5) is 5.69 Å². The summed E-state index contributed by atoms with van der Waals surface area (Å²) in [6.07, 6.45) is 2.86. The van der Waals surface area contributed by atoms with Gasteiger partial charge in [-0.05, 0) is 30.4 Å². The molecule has 0 aliphatic carbocycles. The number of nitro groups is 1. The van der Waals surface area contributed by atoms with Crippen molar-refractivity contribution in [1.29, 1.82) is 0 Å². The van der Waals surface area contributed by atoms with Gasteiger partial charge in [-0.25, -0.2) is 4.98 Å². The van der Waals surface area contributed by atoms with Gasteiger partial charge in [0.2, 0.25) is 5.28 Å². The minimum atomic E-state index is -0.589. The summed E-state index contributed by atoms with van der Waals surface area (Å²) in [4.78, 5) is 17.3. The van der Waals surface area contributed by atoms with Crippen LogP contribution in [-0.2, 0) is 0 Å². The van der Waals surface area contributed by atoms with E-state index in [0.29, 0.717) is 12.5 Å². The Morgan fingerprint density at radius 1 is 1.59 bits per heavy atom. The molecular weight excluding hydrogens is 246 g/mol. The molecule has 0 spiro atoms. The Balaban J connectivity index is 2.62.